The standard InChI is InChI=1S/C14H7ClO4/c15-10-7-12-11(18-14(17)19-12)6-9(10)13(16)8-4-2-1-3-5-8/h1-7H. The van der Waals surface area contributed by atoms with Crippen molar-refractivity contribution in [1.82, 2.24) is 0 Å². The topological polar surface area (TPSA) is 60.4 Å². The average molecular weight is 275 g/mol. The van der Waals surface area contributed by atoms with E-state index in [-0.39, 0.29) is 27.5 Å². The molecule has 3 rings (SSSR count). The molecule has 0 aliphatic heterocycles. The van der Waals surface area contributed by atoms with Crippen LogP contribution in [0.4, 0.5) is 0 Å². The molecule has 0 radical (unpaired) electrons. The second-order valence-corrected chi connectivity index (χ2v) is 4.34. The number of rotatable bonds is 2. The maximum absolute atomic E-state index is 12.3. The van der Waals surface area contributed by atoms with E-state index in [0.717, 1.165) is 0 Å². The Bertz CT molecular complexity index is 814. The third-order valence-corrected chi connectivity index (χ3v) is 3.01. The summed E-state index contributed by atoms with van der Waals surface area (Å²) in [6.45, 7) is 0. The van der Waals surface area contributed by atoms with E-state index < -0.39 is 5.82 Å². The van der Waals surface area contributed by atoms with Crippen LogP contribution in [0.5, 0.6) is 0 Å². The fourth-order valence-electron chi connectivity index (χ4n) is 1.81. The van der Waals surface area contributed by atoms with Gasteiger partial charge in [0.2, 0.25) is 0 Å². The van der Waals surface area contributed by atoms with Gasteiger partial charge in [-0.2, -0.15) is 0 Å². The smallest absolute Gasteiger partial charge is 0.391 e. The second kappa shape index (κ2) is 4.40. The Morgan fingerprint density at radius 3 is 2.32 bits per heavy atom. The molecule has 3 aromatic rings. The zero-order chi connectivity index (χ0) is 13.4. The van der Waals surface area contributed by atoms with Crippen molar-refractivity contribution in [3.05, 3.63) is 69.2 Å². The Morgan fingerprint density at radius 2 is 1.63 bits per heavy atom. The summed E-state index contributed by atoms with van der Waals surface area (Å²) in [6.07, 6.45) is 0. The van der Waals surface area contributed by atoms with Crippen molar-refractivity contribution in [3.63, 3.8) is 0 Å². The number of carbonyl (C=O) groups excluding carboxylic acids is 1. The lowest BCUT2D eigenvalue weighted by atomic mass is 10.0. The lowest BCUT2D eigenvalue weighted by Crippen LogP contribution is -2.01. The van der Waals surface area contributed by atoms with Gasteiger partial charge in [-0.25, -0.2) is 4.79 Å². The first kappa shape index (κ1) is 11.7. The number of fused-ring (bicyclic) bond motifs is 1. The van der Waals surface area contributed by atoms with Gasteiger partial charge in [0.15, 0.2) is 16.9 Å². The summed E-state index contributed by atoms with van der Waals surface area (Å²) in [5, 5.41) is 0.214. The normalized spacial score (nSPS) is 10.8. The molecule has 0 atom stereocenters. The Labute approximate surface area is 112 Å². The highest BCUT2D eigenvalue weighted by Crippen LogP contribution is 2.25. The highest BCUT2D eigenvalue weighted by Gasteiger charge is 2.16. The van der Waals surface area contributed by atoms with Crippen LogP contribution in [0.25, 0.3) is 11.2 Å². The minimum absolute atomic E-state index is 0.202. The van der Waals surface area contributed by atoms with Gasteiger partial charge < -0.3 is 8.83 Å². The highest BCUT2D eigenvalue weighted by molar-refractivity contribution is 6.35. The number of ketones is 1. The van der Waals surface area contributed by atoms with Crippen LogP contribution >= 0.6 is 11.6 Å². The monoisotopic (exact) mass is 274 g/mol. The molecule has 0 aliphatic rings. The Morgan fingerprint density at radius 1 is 1.00 bits per heavy atom. The predicted octanol–water partition coefficient (Wildman–Crippen LogP) is 3.27. The first-order chi connectivity index (χ1) is 9.15. The van der Waals surface area contributed by atoms with Crippen molar-refractivity contribution in [2.75, 3.05) is 0 Å². The van der Waals surface area contributed by atoms with Gasteiger partial charge >= 0.3 is 5.82 Å². The summed E-state index contributed by atoms with van der Waals surface area (Å²) in [6, 6.07) is 11.5. The molecule has 0 amide bonds. The lowest BCUT2D eigenvalue weighted by Gasteiger charge is -2.02. The molecule has 0 fully saturated rings. The first-order valence-corrected chi connectivity index (χ1v) is 5.86. The summed E-state index contributed by atoms with van der Waals surface area (Å²) in [5.74, 6) is -1.06. The summed E-state index contributed by atoms with van der Waals surface area (Å²) in [5.41, 5.74) is 1.20. The van der Waals surface area contributed by atoms with E-state index >= 15 is 0 Å². The van der Waals surface area contributed by atoms with Crippen LogP contribution in [0.15, 0.2) is 56.1 Å². The zero-order valence-corrected chi connectivity index (χ0v) is 10.3. The maximum Gasteiger partial charge on any atom is 0.519 e. The van der Waals surface area contributed by atoms with Gasteiger partial charge in [0.25, 0.3) is 0 Å². The van der Waals surface area contributed by atoms with Gasteiger partial charge in [-0.1, -0.05) is 41.9 Å². The molecule has 0 aliphatic carbocycles. The molecule has 5 heteroatoms. The number of hydrogen-bond donors (Lipinski definition) is 0. The molecular formula is C14H7ClO4. The van der Waals surface area contributed by atoms with Gasteiger partial charge in [0, 0.05) is 17.2 Å². The summed E-state index contributed by atoms with van der Waals surface area (Å²) in [4.78, 5) is 23.3. The average Bonchev–Trinajstić information content (AvgIpc) is 2.77. The van der Waals surface area contributed by atoms with Crippen LogP contribution in [0.3, 0.4) is 0 Å². The minimum Gasteiger partial charge on any atom is -0.391 e. The van der Waals surface area contributed by atoms with Crippen molar-refractivity contribution in [3.8, 4) is 0 Å². The SMILES string of the molecule is O=C(c1ccccc1)c1cc2oc(=O)oc2cc1Cl. The van der Waals surface area contributed by atoms with Crippen molar-refractivity contribution < 1.29 is 13.6 Å². The molecule has 0 N–H and O–H groups in total. The van der Waals surface area contributed by atoms with Gasteiger partial charge in [-0.05, 0) is 6.07 Å². The third kappa shape index (κ3) is 2.06. The van der Waals surface area contributed by atoms with E-state index in [2.05, 4.69) is 0 Å². The van der Waals surface area contributed by atoms with E-state index in [1.54, 1.807) is 24.3 Å². The number of benzene rings is 2. The molecule has 0 spiro atoms. The van der Waals surface area contributed by atoms with E-state index in [1.807, 2.05) is 6.07 Å². The predicted molar refractivity (Wildman–Crippen MR) is 69.6 cm³/mol. The van der Waals surface area contributed by atoms with Crippen LogP contribution in [-0.2, 0) is 0 Å². The van der Waals surface area contributed by atoms with Crippen LogP contribution < -0.4 is 5.82 Å². The molecule has 2 aromatic carbocycles. The quantitative estimate of drug-likeness (QED) is 0.673. The fraction of sp³-hybridized carbons (Fsp3) is 0. The van der Waals surface area contributed by atoms with Crippen molar-refractivity contribution in [2.45, 2.75) is 0 Å². The molecule has 1 aromatic heterocycles. The number of hydrogen-bond acceptors (Lipinski definition) is 4. The van der Waals surface area contributed by atoms with Crippen LogP contribution in [-0.4, -0.2) is 5.78 Å². The number of carbonyl (C=O) groups is 1. The summed E-state index contributed by atoms with van der Waals surface area (Å²) >= 11 is 6.03. The Balaban J connectivity index is 2.17. The third-order valence-electron chi connectivity index (χ3n) is 2.70. The van der Waals surface area contributed by atoms with Gasteiger partial charge in [0.05, 0.1) is 5.02 Å². The molecular weight excluding hydrogens is 268 g/mol. The first-order valence-electron chi connectivity index (χ1n) is 5.48. The summed E-state index contributed by atoms with van der Waals surface area (Å²) < 4.78 is 9.59. The Kier molecular flexibility index (Phi) is 2.72. The van der Waals surface area contributed by atoms with Gasteiger partial charge in [0.1, 0.15) is 0 Å². The molecule has 94 valence electrons. The van der Waals surface area contributed by atoms with E-state index in [9.17, 15) is 9.59 Å². The van der Waals surface area contributed by atoms with E-state index in [0.29, 0.717) is 5.56 Å². The van der Waals surface area contributed by atoms with Crippen LogP contribution in [0.1, 0.15) is 15.9 Å². The lowest BCUT2D eigenvalue weighted by molar-refractivity contribution is 0.103. The second-order valence-electron chi connectivity index (χ2n) is 3.93. The van der Waals surface area contributed by atoms with Crippen LogP contribution in [0.2, 0.25) is 5.02 Å². The maximum atomic E-state index is 12.3. The molecule has 0 saturated heterocycles. The van der Waals surface area contributed by atoms with E-state index in [4.69, 9.17) is 20.4 Å². The summed E-state index contributed by atoms with van der Waals surface area (Å²) in [7, 11) is 0. The molecule has 0 saturated carbocycles. The van der Waals surface area contributed by atoms with Gasteiger partial charge in [-0.3, -0.25) is 4.79 Å². The molecule has 0 unspecified atom stereocenters. The molecule has 1 heterocycles. The zero-order valence-electron chi connectivity index (χ0n) is 9.55. The van der Waals surface area contributed by atoms with Crippen molar-refractivity contribution in [1.29, 1.82) is 0 Å². The fourth-order valence-corrected chi connectivity index (χ4v) is 2.05. The minimum atomic E-state index is -0.824. The highest BCUT2D eigenvalue weighted by atomic mass is 35.5. The van der Waals surface area contributed by atoms with E-state index in [1.165, 1.54) is 12.1 Å². The van der Waals surface area contributed by atoms with Crippen molar-refractivity contribution in [2.24, 2.45) is 0 Å². The Hall–Kier alpha value is -2.33. The number of halogens is 1. The molecule has 4 nitrogen and oxygen atoms in total. The molecule has 0 bridgehead atoms. The largest absolute Gasteiger partial charge is 0.519 e. The van der Waals surface area contributed by atoms with Gasteiger partial charge in [-0.15, -0.1) is 0 Å². The molecule has 19 heavy (non-hydrogen) atoms. The van der Waals surface area contributed by atoms with Crippen LogP contribution in [0, 0.1) is 0 Å². The van der Waals surface area contributed by atoms with Crippen molar-refractivity contribution >= 4 is 28.6 Å².